The van der Waals surface area contributed by atoms with Gasteiger partial charge in [-0.25, -0.2) is 4.98 Å². The van der Waals surface area contributed by atoms with E-state index in [1.54, 1.807) is 12.4 Å². The van der Waals surface area contributed by atoms with Crippen LogP contribution in [-0.4, -0.2) is 9.97 Å². The van der Waals surface area contributed by atoms with E-state index in [1.165, 1.54) is 0 Å². The molecule has 4 nitrogen and oxygen atoms in total. The number of hydrogen-bond donors (Lipinski definition) is 2. The highest BCUT2D eigenvalue weighted by Gasteiger charge is 2.00. The Morgan fingerprint density at radius 1 is 1.41 bits per heavy atom. The number of benzene rings is 1. The molecule has 0 radical (unpaired) electrons. The van der Waals surface area contributed by atoms with E-state index in [0.717, 1.165) is 30.0 Å². The second kappa shape index (κ2) is 5.28. The van der Waals surface area contributed by atoms with E-state index in [0.29, 0.717) is 5.56 Å². The minimum absolute atomic E-state index is 0.695. The molecule has 0 amide bonds. The number of nitriles is 1. The Hall–Kier alpha value is -2.12. The Balaban J connectivity index is 1.90. The molecular formula is C13H14N4. The predicted molar refractivity (Wildman–Crippen MR) is 65.0 cm³/mol. The number of aromatic nitrogens is 2. The van der Waals surface area contributed by atoms with Crippen LogP contribution in [0.2, 0.25) is 0 Å². The summed E-state index contributed by atoms with van der Waals surface area (Å²) < 4.78 is 0. The van der Waals surface area contributed by atoms with Gasteiger partial charge >= 0.3 is 0 Å². The molecule has 0 saturated heterocycles. The van der Waals surface area contributed by atoms with Gasteiger partial charge in [0.05, 0.1) is 23.7 Å². The second-order valence-electron chi connectivity index (χ2n) is 3.89. The lowest BCUT2D eigenvalue weighted by Gasteiger charge is -2.04. The fourth-order valence-corrected chi connectivity index (χ4v) is 1.64. The highest BCUT2D eigenvalue weighted by Crippen LogP contribution is 2.05. The van der Waals surface area contributed by atoms with Gasteiger partial charge in [-0.3, -0.25) is 0 Å². The predicted octanol–water partition coefficient (Wildman–Crippen LogP) is 1.88. The highest BCUT2D eigenvalue weighted by molar-refractivity contribution is 5.32. The number of imidazole rings is 1. The smallest absolute Gasteiger partial charge is 0.0991 e. The van der Waals surface area contributed by atoms with Crippen molar-refractivity contribution < 1.29 is 0 Å². The fraction of sp³-hybridized carbons (Fsp3) is 0.231. The second-order valence-corrected chi connectivity index (χ2v) is 3.89. The largest absolute Gasteiger partial charge is 0.348 e. The number of nitrogens with one attached hydrogen (secondary N) is 2. The maximum Gasteiger partial charge on any atom is 0.0991 e. The maximum absolute atomic E-state index is 8.79. The minimum atomic E-state index is 0.695. The standard InChI is InChI=1S/C13H14N4/c1-10-13(17-9-16-10)8-15-7-12-4-2-3-11(5-12)6-14/h2-5,9,15H,7-8H2,1H3,(H,16,17). The summed E-state index contributed by atoms with van der Waals surface area (Å²) in [6, 6.07) is 9.74. The molecule has 0 unspecified atom stereocenters. The lowest BCUT2D eigenvalue weighted by Crippen LogP contribution is -2.13. The molecule has 0 bridgehead atoms. The van der Waals surface area contributed by atoms with Gasteiger partial charge in [0.1, 0.15) is 0 Å². The van der Waals surface area contributed by atoms with Crippen molar-refractivity contribution in [1.29, 1.82) is 5.26 Å². The van der Waals surface area contributed by atoms with Crippen molar-refractivity contribution in [3.05, 3.63) is 53.1 Å². The van der Waals surface area contributed by atoms with Gasteiger partial charge in [0.15, 0.2) is 0 Å². The molecule has 0 spiro atoms. The molecule has 0 saturated carbocycles. The first-order chi connectivity index (χ1) is 8.29. The Bertz CT molecular complexity index is 536. The van der Waals surface area contributed by atoms with Crippen LogP contribution in [0.3, 0.4) is 0 Å². The van der Waals surface area contributed by atoms with Gasteiger partial charge in [-0.2, -0.15) is 5.26 Å². The summed E-state index contributed by atoms with van der Waals surface area (Å²) in [5.74, 6) is 0. The lowest BCUT2D eigenvalue weighted by atomic mass is 10.1. The van der Waals surface area contributed by atoms with Gasteiger partial charge in [0, 0.05) is 18.8 Å². The normalized spacial score (nSPS) is 10.1. The Kier molecular flexibility index (Phi) is 3.53. The number of nitrogens with zero attached hydrogens (tertiary/aromatic N) is 2. The molecule has 1 heterocycles. The van der Waals surface area contributed by atoms with Crippen LogP contribution >= 0.6 is 0 Å². The van der Waals surface area contributed by atoms with Crippen molar-refractivity contribution >= 4 is 0 Å². The molecule has 86 valence electrons. The highest BCUT2D eigenvalue weighted by atomic mass is 14.9. The molecule has 0 atom stereocenters. The number of aromatic amines is 1. The fourth-order valence-electron chi connectivity index (χ4n) is 1.64. The average Bonchev–Trinajstić information content (AvgIpc) is 2.76. The van der Waals surface area contributed by atoms with Crippen molar-refractivity contribution in [2.24, 2.45) is 0 Å². The molecule has 2 rings (SSSR count). The molecule has 1 aromatic heterocycles. The zero-order chi connectivity index (χ0) is 12.1. The van der Waals surface area contributed by atoms with Gasteiger partial charge in [0.25, 0.3) is 0 Å². The molecule has 4 heteroatoms. The molecule has 0 aliphatic rings. The average molecular weight is 226 g/mol. The summed E-state index contributed by atoms with van der Waals surface area (Å²) >= 11 is 0. The first-order valence-electron chi connectivity index (χ1n) is 5.48. The van der Waals surface area contributed by atoms with Crippen LogP contribution in [0.15, 0.2) is 30.6 Å². The van der Waals surface area contributed by atoms with Crippen molar-refractivity contribution in [2.75, 3.05) is 0 Å². The van der Waals surface area contributed by atoms with Gasteiger partial charge in [-0.05, 0) is 24.6 Å². The first-order valence-corrected chi connectivity index (χ1v) is 5.48. The van der Waals surface area contributed by atoms with Crippen LogP contribution in [0.25, 0.3) is 0 Å². The SMILES string of the molecule is Cc1[nH]cnc1CNCc1cccc(C#N)c1. The molecule has 2 N–H and O–H groups in total. The number of H-pyrrole nitrogens is 1. The van der Waals surface area contributed by atoms with E-state index in [-0.39, 0.29) is 0 Å². The molecule has 1 aromatic carbocycles. The van der Waals surface area contributed by atoms with Crippen molar-refractivity contribution in [3.8, 4) is 6.07 Å². The zero-order valence-electron chi connectivity index (χ0n) is 9.70. The van der Waals surface area contributed by atoms with Crippen molar-refractivity contribution in [1.82, 2.24) is 15.3 Å². The Morgan fingerprint density at radius 3 is 3.00 bits per heavy atom. The number of rotatable bonds is 4. The number of aryl methyl sites for hydroxylation is 1. The van der Waals surface area contributed by atoms with Crippen LogP contribution in [0.5, 0.6) is 0 Å². The summed E-state index contributed by atoms with van der Waals surface area (Å²) in [6.07, 6.45) is 1.70. The summed E-state index contributed by atoms with van der Waals surface area (Å²) in [5.41, 5.74) is 3.92. The molecule has 17 heavy (non-hydrogen) atoms. The van der Waals surface area contributed by atoms with Crippen LogP contribution < -0.4 is 5.32 Å². The van der Waals surface area contributed by atoms with E-state index >= 15 is 0 Å². The zero-order valence-corrected chi connectivity index (χ0v) is 9.70. The van der Waals surface area contributed by atoms with Gasteiger partial charge in [-0.1, -0.05) is 12.1 Å². The van der Waals surface area contributed by atoms with E-state index < -0.39 is 0 Å². The van der Waals surface area contributed by atoms with Crippen LogP contribution in [-0.2, 0) is 13.1 Å². The van der Waals surface area contributed by atoms with E-state index in [4.69, 9.17) is 5.26 Å². The third kappa shape index (κ3) is 2.92. The lowest BCUT2D eigenvalue weighted by molar-refractivity contribution is 0.679. The van der Waals surface area contributed by atoms with Crippen molar-refractivity contribution in [2.45, 2.75) is 20.0 Å². The molecule has 0 aliphatic heterocycles. The third-order valence-electron chi connectivity index (χ3n) is 2.61. The Morgan fingerprint density at radius 2 is 2.29 bits per heavy atom. The maximum atomic E-state index is 8.79. The first kappa shape index (κ1) is 11.4. The monoisotopic (exact) mass is 226 g/mol. The van der Waals surface area contributed by atoms with Gasteiger partial charge in [-0.15, -0.1) is 0 Å². The van der Waals surface area contributed by atoms with Crippen molar-refractivity contribution in [3.63, 3.8) is 0 Å². The van der Waals surface area contributed by atoms with E-state index in [2.05, 4.69) is 21.4 Å². The Labute approximate surface area is 100 Å². The van der Waals surface area contributed by atoms with E-state index in [1.807, 2.05) is 25.1 Å². The molecule has 0 fully saturated rings. The quantitative estimate of drug-likeness (QED) is 0.836. The summed E-state index contributed by atoms with van der Waals surface area (Å²) in [5, 5.41) is 12.1. The summed E-state index contributed by atoms with van der Waals surface area (Å²) in [6.45, 7) is 3.47. The van der Waals surface area contributed by atoms with Gasteiger partial charge in [0.2, 0.25) is 0 Å². The molecule has 0 aliphatic carbocycles. The molecule has 2 aromatic rings. The van der Waals surface area contributed by atoms with E-state index in [9.17, 15) is 0 Å². The topological polar surface area (TPSA) is 64.5 Å². The van der Waals surface area contributed by atoms with Crippen LogP contribution in [0, 0.1) is 18.3 Å². The summed E-state index contributed by atoms with van der Waals surface area (Å²) in [7, 11) is 0. The third-order valence-corrected chi connectivity index (χ3v) is 2.61. The summed E-state index contributed by atoms with van der Waals surface area (Å²) in [4.78, 5) is 7.25. The number of hydrogen-bond acceptors (Lipinski definition) is 3. The van der Waals surface area contributed by atoms with Crippen LogP contribution in [0.4, 0.5) is 0 Å². The molecular weight excluding hydrogens is 212 g/mol. The van der Waals surface area contributed by atoms with Crippen LogP contribution in [0.1, 0.15) is 22.5 Å². The van der Waals surface area contributed by atoms with Gasteiger partial charge < -0.3 is 10.3 Å². The minimum Gasteiger partial charge on any atom is -0.348 e.